The van der Waals surface area contributed by atoms with Crippen molar-refractivity contribution in [3.05, 3.63) is 41.7 Å². The zero-order valence-corrected chi connectivity index (χ0v) is 12.9. The summed E-state index contributed by atoms with van der Waals surface area (Å²) in [6, 6.07) is 0.363. The van der Waals surface area contributed by atoms with Crippen molar-refractivity contribution in [3.8, 4) is 0 Å². The Kier molecular flexibility index (Phi) is 5.41. The molecule has 1 atom stereocenters. The fourth-order valence-electron chi connectivity index (χ4n) is 2.25. The summed E-state index contributed by atoms with van der Waals surface area (Å²) < 4.78 is 1.80. The zero-order valence-electron chi connectivity index (χ0n) is 12.9. The molecule has 6 heteroatoms. The molecule has 2 heterocycles. The fraction of sp³-hybridized carbons (Fsp3) is 0.533. The number of aryl methyl sites for hydroxylation is 1. The Morgan fingerprint density at radius 3 is 2.86 bits per heavy atom. The summed E-state index contributed by atoms with van der Waals surface area (Å²) in [7, 11) is 2.10. The van der Waals surface area contributed by atoms with E-state index in [-0.39, 0.29) is 6.61 Å². The van der Waals surface area contributed by atoms with Gasteiger partial charge >= 0.3 is 0 Å². The van der Waals surface area contributed by atoms with Crippen LogP contribution in [0.2, 0.25) is 0 Å². The molecule has 1 N–H and O–H groups in total. The van der Waals surface area contributed by atoms with Crippen LogP contribution in [-0.4, -0.2) is 49.5 Å². The minimum Gasteiger partial charge on any atom is -0.394 e. The normalized spacial score (nSPS) is 12.8. The number of aliphatic hydroxyl groups excluding tert-OH is 1. The quantitative estimate of drug-likeness (QED) is 0.825. The van der Waals surface area contributed by atoms with Crippen molar-refractivity contribution in [1.29, 1.82) is 0 Å². The summed E-state index contributed by atoms with van der Waals surface area (Å²) in [6.07, 6.45) is 8.11. The topological polar surface area (TPSA) is 67.1 Å². The lowest BCUT2D eigenvalue weighted by molar-refractivity contribution is 0.246. The molecular weight excluding hydrogens is 266 g/mol. The van der Waals surface area contributed by atoms with Gasteiger partial charge in [-0.3, -0.25) is 19.5 Å². The van der Waals surface area contributed by atoms with Crippen LogP contribution in [-0.2, 0) is 19.5 Å². The number of aliphatic hydroxyl groups is 1. The van der Waals surface area contributed by atoms with Crippen LogP contribution in [0.4, 0.5) is 0 Å². The molecule has 2 aromatic rings. The molecule has 0 saturated carbocycles. The summed E-state index contributed by atoms with van der Waals surface area (Å²) in [5.41, 5.74) is 3.21. The fourth-order valence-corrected chi connectivity index (χ4v) is 2.25. The van der Waals surface area contributed by atoms with E-state index in [0.717, 1.165) is 24.4 Å². The maximum absolute atomic E-state index is 8.97. The van der Waals surface area contributed by atoms with Crippen molar-refractivity contribution in [3.63, 3.8) is 0 Å². The van der Waals surface area contributed by atoms with Gasteiger partial charge in [0.15, 0.2) is 0 Å². The van der Waals surface area contributed by atoms with Gasteiger partial charge in [-0.1, -0.05) is 0 Å². The third-order valence-corrected chi connectivity index (χ3v) is 3.67. The summed E-state index contributed by atoms with van der Waals surface area (Å²) in [6.45, 7) is 5.67. The van der Waals surface area contributed by atoms with Gasteiger partial charge in [0.2, 0.25) is 0 Å². The van der Waals surface area contributed by atoms with Gasteiger partial charge in [0.05, 0.1) is 24.5 Å². The predicted molar refractivity (Wildman–Crippen MR) is 80.7 cm³/mol. The lowest BCUT2D eigenvalue weighted by Gasteiger charge is -2.24. The first-order valence-electron chi connectivity index (χ1n) is 7.19. The van der Waals surface area contributed by atoms with E-state index < -0.39 is 0 Å². The summed E-state index contributed by atoms with van der Waals surface area (Å²) in [5, 5.41) is 13.4. The second-order valence-electron chi connectivity index (χ2n) is 5.39. The van der Waals surface area contributed by atoms with Crippen LogP contribution in [0, 0.1) is 6.92 Å². The maximum atomic E-state index is 8.97. The van der Waals surface area contributed by atoms with Crippen molar-refractivity contribution in [2.45, 2.75) is 39.4 Å². The summed E-state index contributed by atoms with van der Waals surface area (Å²) in [5.74, 6) is 0. The average Bonchev–Trinajstić information content (AvgIpc) is 2.80. The largest absolute Gasteiger partial charge is 0.394 e. The smallest absolute Gasteiger partial charge is 0.0641 e. The molecule has 0 aliphatic rings. The van der Waals surface area contributed by atoms with Crippen LogP contribution in [0.25, 0.3) is 0 Å². The molecule has 2 aromatic heterocycles. The Bertz CT molecular complexity index is 554. The molecule has 21 heavy (non-hydrogen) atoms. The molecule has 2 rings (SSSR count). The van der Waals surface area contributed by atoms with Crippen molar-refractivity contribution in [1.82, 2.24) is 24.6 Å². The maximum Gasteiger partial charge on any atom is 0.0641 e. The van der Waals surface area contributed by atoms with Gasteiger partial charge in [0, 0.05) is 49.4 Å². The van der Waals surface area contributed by atoms with Gasteiger partial charge in [0.1, 0.15) is 0 Å². The Morgan fingerprint density at radius 2 is 2.19 bits per heavy atom. The van der Waals surface area contributed by atoms with Gasteiger partial charge in [-0.05, 0) is 20.9 Å². The van der Waals surface area contributed by atoms with E-state index in [2.05, 4.69) is 33.9 Å². The standard InChI is InChI=1S/C15H23N5O/c1-12(8-15-9-16-4-5-17-15)19(3)10-14-11-20(6-7-21)18-13(14)2/h4-5,9,11-12,21H,6-8,10H2,1-3H3/t12-/m1/s1. The first-order valence-corrected chi connectivity index (χ1v) is 7.19. The highest BCUT2D eigenvalue weighted by molar-refractivity contribution is 5.15. The molecule has 0 aromatic carbocycles. The van der Waals surface area contributed by atoms with Crippen LogP contribution in [0.1, 0.15) is 23.9 Å². The van der Waals surface area contributed by atoms with E-state index in [1.54, 1.807) is 17.1 Å². The number of aromatic nitrogens is 4. The highest BCUT2D eigenvalue weighted by Crippen LogP contribution is 2.12. The van der Waals surface area contributed by atoms with Crippen LogP contribution in [0.5, 0.6) is 0 Å². The molecule has 0 spiro atoms. The Balaban J connectivity index is 1.95. The number of likely N-dealkylation sites (N-methyl/N-ethyl adjacent to an activating group) is 1. The number of nitrogens with zero attached hydrogens (tertiary/aromatic N) is 5. The van der Waals surface area contributed by atoms with Gasteiger partial charge < -0.3 is 5.11 Å². The number of hydrogen-bond donors (Lipinski definition) is 1. The lowest BCUT2D eigenvalue weighted by Crippen LogP contribution is -2.30. The molecular formula is C15H23N5O. The molecule has 0 saturated heterocycles. The van der Waals surface area contributed by atoms with Gasteiger partial charge in [-0.25, -0.2) is 0 Å². The summed E-state index contributed by atoms with van der Waals surface area (Å²) >= 11 is 0. The second-order valence-corrected chi connectivity index (χ2v) is 5.39. The molecule has 0 amide bonds. The van der Waals surface area contributed by atoms with Crippen molar-refractivity contribution < 1.29 is 5.11 Å². The molecule has 0 aliphatic heterocycles. The van der Waals surface area contributed by atoms with E-state index in [0.29, 0.717) is 12.6 Å². The SMILES string of the molecule is Cc1nn(CCO)cc1CN(C)[C@H](C)Cc1cnccn1. The molecule has 0 unspecified atom stereocenters. The highest BCUT2D eigenvalue weighted by Gasteiger charge is 2.14. The Morgan fingerprint density at radius 1 is 1.38 bits per heavy atom. The Hall–Kier alpha value is -1.79. The Labute approximate surface area is 125 Å². The van der Waals surface area contributed by atoms with E-state index >= 15 is 0 Å². The molecule has 0 bridgehead atoms. The second kappa shape index (κ2) is 7.28. The molecule has 6 nitrogen and oxygen atoms in total. The minimum absolute atomic E-state index is 0.111. The monoisotopic (exact) mass is 289 g/mol. The first kappa shape index (κ1) is 15.6. The number of rotatable bonds is 7. The molecule has 0 fully saturated rings. The van der Waals surface area contributed by atoms with Crippen LogP contribution >= 0.6 is 0 Å². The third kappa shape index (κ3) is 4.34. The molecule has 114 valence electrons. The van der Waals surface area contributed by atoms with Crippen LogP contribution in [0.3, 0.4) is 0 Å². The van der Waals surface area contributed by atoms with Gasteiger partial charge in [0.25, 0.3) is 0 Å². The van der Waals surface area contributed by atoms with Gasteiger partial charge in [-0.2, -0.15) is 5.10 Å². The zero-order chi connectivity index (χ0) is 15.2. The van der Waals surface area contributed by atoms with Crippen molar-refractivity contribution in [2.24, 2.45) is 0 Å². The van der Waals surface area contributed by atoms with Gasteiger partial charge in [-0.15, -0.1) is 0 Å². The average molecular weight is 289 g/mol. The van der Waals surface area contributed by atoms with E-state index in [1.165, 1.54) is 5.56 Å². The lowest BCUT2D eigenvalue weighted by atomic mass is 10.1. The molecule has 0 radical (unpaired) electrons. The van der Waals surface area contributed by atoms with Crippen molar-refractivity contribution >= 4 is 0 Å². The van der Waals surface area contributed by atoms with E-state index in [4.69, 9.17) is 5.11 Å². The minimum atomic E-state index is 0.111. The van der Waals surface area contributed by atoms with Crippen molar-refractivity contribution in [2.75, 3.05) is 13.7 Å². The summed E-state index contributed by atoms with van der Waals surface area (Å²) in [4.78, 5) is 10.7. The predicted octanol–water partition coefficient (Wildman–Crippen LogP) is 1.04. The van der Waals surface area contributed by atoms with E-state index in [9.17, 15) is 0 Å². The van der Waals surface area contributed by atoms with E-state index in [1.807, 2.05) is 19.3 Å². The highest BCUT2D eigenvalue weighted by atomic mass is 16.3. The molecule has 0 aliphatic carbocycles. The van der Waals surface area contributed by atoms with Crippen LogP contribution < -0.4 is 0 Å². The van der Waals surface area contributed by atoms with Crippen LogP contribution in [0.15, 0.2) is 24.8 Å². The first-order chi connectivity index (χ1) is 10.1. The third-order valence-electron chi connectivity index (χ3n) is 3.67. The number of hydrogen-bond acceptors (Lipinski definition) is 5.